The first-order valence-corrected chi connectivity index (χ1v) is 4.95. The Kier molecular flexibility index (Phi) is 2.20. The lowest BCUT2D eigenvalue weighted by atomic mass is 9.87. The van der Waals surface area contributed by atoms with Crippen LogP contribution in [0.1, 0.15) is 39.0 Å². The number of rotatable bonds is 1. The lowest BCUT2D eigenvalue weighted by Gasteiger charge is -2.28. The number of hydrogen-bond acceptors (Lipinski definition) is 1. The minimum Gasteiger partial charge on any atom is -0.494 e. The van der Waals surface area contributed by atoms with E-state index in [0.29, 0.717) is 6.10 Å². The SMILES string of the molecule is CCC1OC=CC2=C1CCCC2. The molecule has 0 amide bonds. The van der Waals surface area contributed by atoms with Gasteiger partial charge in [-0.3, -0.25) is 0 Å². The lowest BCUT2D eigenvalue weighted by molar-refractivity contribution is 0.160. The van der Waals surface area contributed by atoms with Crippen LogP contribution in [0.2, 0.25) is 0 Å². The van der Waals surface area contributed by atoms with Gasteiger partial charge in [-0.25, -0.2) is 0 Å². The predicted molar refractivity (Wildman–Crippen MR) is 49.8 cm³/mol. The zero-order chi connectivity index (χ0) is 8.39. The predicted octanol–water partition coefficient (Wildman–Crippen LogP) is 3.18. The van der Waals surface area contributed by atoms with Crippen LogP contribution in [0.25, 0.3) is 0 Å². The molecule has 0 spiro atoms. The molecular formula is C11H16O. The molecule has 1 heterocycles. The second-order valence-corrected chi connectivity index (χ2v) is 3.59. The summed E-state index contributed by atoms with van der Waals surface area (Å²) in [6.07, 6.45) is 10.8. The van der Waals surface area contributed by atoms with E-state index >= 15 is 0 Å². The first-order valence-electron chi connectivity index (χ1n) is 4.95. The number of allylic oxidation sites excluding steroid dienone is 2. The van der Waals surface area contributed by atoms with E-state index in [4.69, 9.17) is 4.74 Å². The van der Waals surface area contributed by atoms with Crippen LogP contribution < -0.4 is 0 Å². The van der Waals surface area contributed by atoms with Gasteiger partial charge in [0, 0.05) is 0 Å². The Hall–Kier alpha value is -0.720. The molecule has 1 aliphatic heterocycles. The topological polar surface area (TPSA) is 9.23 Å². The quantitative estimate of drug-likeness (QED) is 0.578. The van der Waals surface area contributed by atoms with E-state index in [2.05, 4.69) is 13.0 Å². The van der Waals surface area contributed by atoms with Crippen molar-refractivity contribution in [1.82, 2.24) is 0 Å². The highest BCUT2D eigenvalue weighted by Crippen LogP contribution is 2.32. The molecule has 1 aliphatic carbocycles. The molecule has 0 aromatic rings. The van der Waals surface area contributed by atoms with Crippen LogP contribution in [0.5, 0.6) is 0 Å². The molecule has 0 aromatic heterocycles. The molecule has 0 aromatic carbocycles. The number of ether oxygens (including phenoxy) is 1. The van der Waals surface area contributed by atoms with Crippen LogP contribution in [0.15, 0.2) is 23.5 Å². The molecule has 1 nitrogen and oxygen atoms in total. The fourth-order valence-corrected chi connectivity index (χ4v) is 2.15. The van der Waals surface area contributed by atoms with Gasteiger partial charge in [-0.2, -0.15) is 0 Å². The van der Waals surface area contributed by atoms with Crippen LogP contribution in [0, 0.1) is 0 Å². The summed E-state index contributed by atoms with van der Waals surface area (Å²) in [6.45, 7) is 2.20. The third-order valence-electron chi connectivity index (χ3n) is 2.83. The van der Waals surface area contributed by atoms with E-state index < -0.39 is 0 Å². The third-order valence-corrected chi connectivity index (χ3v) is 2.83. The summed E-state index contributed by atoms with van der Waals surface area (Å²) >= 11 is 0. The van der Waals surface area contributed by atoms with E-state index in [0.717, 1.165) is 6.42 Å². The highest BCUT2D eigenvalue weighted by molar-refractivity contribution is 5.32. The molecule has 0 N–H and O–H groups in total. The van der Waals surface area contributed by atoms with Gasteiger partial charge in [-0.1, -0.05) is 6.92 Å². The van der Waals surface area contributed by atoms with Gasteiger partial charge in [0.1, 0.15) is 6.10 Å². The molecule has 2 aliphatic rings. The second kappa shape index (κ2) is 3.34. The maximum atomic E-state index is 5.56. The van der Waals surface area contributed by atoms with Gasteiger partial charge in [-0.15, -0.1) is 0 Å². The molecule has 66 valence electrons. The minimum absolute atomic E-state index is 0.394. The van der Waals surface area contributed by atoms with Crippen molar-refractivity contribution in [1.29, 1.82) is 0 Å². The van der Waals surface area contributed by atoms with Gasteiger partial charge >= 0.3 is 0 Å². The standard InChI is InChI=1S/C11H16O/c1-2-11-10-6-4-3-5-9(10)7-8-12-11/h7-8,11H,2-6H2,1H3. The van der Waals surface area contributed by atoms with Gasteiger partial charge < -0.3 is 4.74 Å². The van der Waals surface area contributed by atoms with Crippen molar-refractivity contribution in [2.45, 2.75) is 45.1 Å². The minimum atomic E-state index is 0.394. The van der Waals surface area contributed by atoms with E-state index in [9.17, 15) is 0 Å². The molecule has 0 bridgehead atoms. The Balaban J connectivity index is 2.23. The average Bonchev–Trinajstić information content (AvgIpc) is 2.17. The van der Waals surface area contributed by atoms with Gasteiger partial charge in [0.15, 0.2) is 0 Å². The van der Waals surface area contributed by atoms with Crippen molar-refractivity contribution in [3.05, 3.63) is 23.5 Å². The first-order chi connectivity index (χ1) is 5.92. The van der Waals surface area contributed by atoms with E-state index in [1.165, 1.54) is 25.7 Å². The molecule has 1 heteroatoms. The first kappa shape index (κ1) is 7.90. The molecule has 0 fully saturated rings. The summed E-state index contributed by atoms with van der Waals surface area (Å²) in [4.78, 5) is 0. The fourth-order valence-electron chi connectivity index (χ4n) is 2.15. The van der Waals surface area contributed by atoms with Crippen LogP contribution >= 0.6 is 0 Å². The van der Waals surface area contributed by atoms with Crippen molar-refractivity contribution in [3.63, 3.8) is 0 Å². The maximum Gasteiger partial charge on any atom is 0.119 e. The largest absolute Gasteiger partial charge is 0.494 e. The van der Waals surface area contributed by atoms with Gasteiger partial charge in [0.25, 0.3) is 0 Å². The Labute approximate surface area is 74.1 Å². The summed E-state index contributed by atoms with van der Waals surface area (Å²) in [7, 11) is 0. The van der Waals surface area contributed by atoms with Gasteiger partial charge in [0.05, 0.1) is 6.26 Å². The average molecular weight is 164 g/mol. The second-order valence-electron chi connectivity index (χ2n) is 3.59. The smallest absolute Gasteiger partial charge is 0.119 e. The summed E-state index contributed by atoms with van der Waals surface area (Å²) in [5.74, 6) is 0. The Bertz CT molecular complexity index is 225. The van der Waals surface area contributed by atoms with Crippen LogP contribution in [-0.2, 0) is 4.74 Å². The molecule has 0 saturated heterocycles. The highest BCUT2D eigenvalue weighted by atomic mass is 16.5. The highest BCUT2D eigenvalue weighted by Gasteiger charge is 2.21. The zero-order valence-corrected chi connectivity index (χ0v) is 7.68. The van der Waals surface area contributed by atoms with E-state index in [1.807, 2.05) is 6.26 Å². The van der Waals surface area contributed by atoms with Crippen LogP contribution in [0.3, 0.4) is 0 Å². The summed E-state index contributed by atoms with van der Waals surface area (Å²) < 4.78 is 5.56. The number of hydrogen-bond donors (Lipinski definition) is 0. The monoisotopic (exact) mass is 164 g/mol. The van der Waals surface area contributed by atoms with Crippen molar-refractivity contribution in [2.75, 3.05) is 0 Å². The Morgan fingerprint density at radius 1 is 1.42 bits per heavy atom. The van der Waals surface area contributed by atoms with Crippen LogP contribution in [-0.4, -0.2) is 6.10 Å². The van der Waals surface area contributed by atoms with Crippen molar-refractivity contribution < 1.29 is 4.74 Å². The Morgan fingerprint density at radius 3 is 3.08 bits per heavy atom. The lowest BCUT2D eigenvalue weighted by Crippen LogP contribution is -2.19. The fraction of sp³-hybridized carbons (Fsp3) is 0.636. The van der Waals surface area contributed by atoms with Crippen molar-refractivity contribution >= 4 is 0 Å². The maximum absolute atomic E-state index is 5.56. The van der Waals surface area contributed by atoms with Gasteiger partial charge in [0.2, 0.25) is 0 Å². The summed E-state index contributed by atoms with van der Waals surface area (Å²) in [6, 6.07) is 0. The molecule has 2 rings (SSSR count). The van der Waals surface area contributed by atoms with Crippen molar-refractivity contribution in [2.24, 2.45) is 0 Å². The molecular weight excluding hydrogens is 148 g/mol. The third kappa shape index (κ3) is 1.28. The molecule has 1 atom stereocenters. The molecule has 0 radical (unpaired) electrons. The summed E-state index contributed by atoms with van der Waals surface area (Å²) in [5.41, 5.74) is 3.13. The zero-order valence-electron chi connectivity index (χ0n) is 7.68. The molecule has 12 heavy (non-hydrogen) atoms. The van der Waals surface area contributed by atoms with E-state index in [-0.39, 0.29) is 0 Å². The molecule has 0 saturated carbocycles. The molecule has 1 unspecified atom stereocenters. The van der Waals surface area contributed by atoms with Crippen LogP contribution in [0.4, 0.5) is 0 Å². The van der Waals surface area contributed by atoms with Crippen molar-refractivity contribution in [3.8, 4) is 0 Å². The summed E-state index contributed by atoms with van der Waals surface area (Å²) in [5, 5.41) is 0. The Morgan fingerprint density at radius 2 is 2.25 bits per heavy atom. The normalized spacial score (nSPS) is 28.2. The van der Waals surface area contributed by atoms with Gasteiger partial charge in [-0.05, 0) is 49.3 Å². The van der Waals surface area contributed by atoms with E-state index in [1.54, 1.807) is 11.1 Å².